The summed E-state index contributed by atoms with van der Waals surface area (Å²) in [7, 11) is 8.24. The lowest BCUT2D eigenvalue weighted by Crippen LogP contribution is -3.05. The molecule has 0 saturated carbocycles. The highest BCUT2D eigenvalue weighted by molar-refractivity contribution is 4.68. The highest BCUT2D eigenvalue weighted by atomic mass is 15.2. The molecular formula is C7H16N2. The number of hydrogen-bond donors (Lipinski definition) is 1. The van der Waals surface area contributed by atoms with Crippen LogP contribution in [0.25, 0.3) is 0 Å². The van der Waals surface area contributed by atoms with Crippen LogP contribution in [0.4, 0.5) is 0 Å². The van der Waals surface area contributed by atoms with Crippen LogP contribution in [-0.2, 0) is 0 Å². The zero-order valence-corrected chi connectivity index (χ0v) is 6.35. The molecule has 0 spiro atoms. The number of likely N-dealkylation sites (tertiary alicyclic amines) is 1. The molecule has 1 heterocycles. The number of likely N-dealkylation sites (N-methyl/N-ethyl adjacent to an activating group) is 1. The first-order valence-electron chi connectivity index (χ1n) is 3.53. The van der Waals surface area contributed by atoms with Gasteiger partial charge in [0.1, 0.15) is 0 Å². The van der Waals surface area contributed by atoms with Crippen molar-refractivity contribution in [1.29, 1.82) is 0 Å². The summed E-state index contributed by atoms with van der Waals surface area (Å²) < 4.78 is 0. The number of hydrogen-bond acceptors (Lipinski definition) is 1. The highest BCUT2D eigenvalue weighted by Gasteiger charge is 2.21. The molecule has 2 nitrogen and oxygen atoms in total. The van der Waals surface area contributed by atoms with Gasteiger partial charge in [-0.1, -0.05) is 0 Å². The van der Waals surface area contributed by atoms with E-state index >= 15 is 0 Å². The van der Waals surface area contributed by atoms with E-state index < -0.39 is 0 Å². The van der Waals surface area contributed by atoms with Crippen molar-refractivity contribution < 1.29 is 4.90 Å². The van der Waals surface area contributed by atoms with Gasteiger partial charge in [0.15, 0.2) is 0 Å². The summed E-state index contributed by atoms with van der Waals surface area (Å²) in [5.41, 5.74) is 0. The molecule has 1 rings (SSSR count). The van der Waals surface area contributed by atoms with E-state index in [1.54, 1.807) is 0 Å². The average Bonchev–Trinajstić information content (AvgIpc) is 2.14. The maximum absolute atomic E-state index is 3.96. The fraction of sp³-hybridized carbons (Fsp3) is 0.857. The molecule has 2 atom stereocenters. The number of quaternary nitrogens is 1. The first-order valence-corrected chi connectivity index (χ1v) is 3.53. The zero-order chi connectivity index (χ0) is 6.85. The van der Waals surface area contributed by atoms with E-state index in [-0.39, 0.29) is 0 Å². The molecule has 1 aliphatic rings. The minimum absolute atomic E-state index is 0.775. The van der Waals surface area contributed by atoms with Gasteiger partial charge in [-0.15, -0.1) is 0 Å². The number of rotatable bonds is 1. The molecule has 1 N–H and O–H groups in total. The summed E-state index contributed by atoms with van der Waals surface area (Å²) in [4.78, 5) is 3.71. The molecule has 0 amide bonds. The van der Waals surface area contributed by atoms with Gasteiger partial charge in [-0.3, -0.25) is 0 Å². The summed E-state index contributed by atoms with van der Waals surface area (Å²) in [6.45, 7) is 2.45. The third-order valence-electron chi connectivity index (χ3n) is 2.09. The van der Waals surface area contributed by atoms with Crippen molar-refractivity contribution in [3.05, 3.63) is 7.05 Å². The standard InChI is InChI=1S/C7H16N2/c1-8(2)7-4-5-9(3)6-7/h7,9H,3-6H2,1-2H3/t7-/m1/s1. The minimum atomic E-state index is 0.775. The Morgan fingerprint density at radius 2 is 2.22 bits per heavy atom. The van der Waals surface area contributed by atoms with Crippen LogP contribution in [0.5, 0.6) is 0 Å². The van der Waals surface area contributed by atoms with Gasteiger partial charge >= 0.3 is 0 Å². The molecule has 1 saturated heterocycles. The maximum atomic E-state index is 3.96. The molecule has 2 heteroatoms. The Labute approximate surface area is 57.4 Å². The molecule has 1 unspecified atom stereocenters. The van der Waals surface area contributed by atoms with E-state index in [0.717, 1.165) is 6.04 Å². The third-order valence-corrected chi connectivity index (χ3v) is 2.09. The van der Waals surface area contributed by atoms with Crippen LogP contribution in [0, 0.1) is 7.05 Å². The van der Waals surface area contributed by atoms with Gasteiger partial charge in [0.25, 0.3) is 0 Å². The highest BCUT2D eigenvalue weighted by Crippen LogP contribution is 1.98. The van der Waals surface area contributed by atoms with Gasteiger partial charge < -0.3 is 9.80 Å². The second-order valence-corrected chi connectivity index (χ2v) is 3.11. The number of nitrogens with one attached hydrogen (secondary N) is 1. The van der Waals surface area contributed by atoms with Crippen LogP contribution in [0.1, 0.15) is 6.42 Å². The van der Waals surface area contributed by atoms with Gasteiger partial charge in [-0.25, -0.2) is 0 Å². The zero-order valence-electron chi connectivity index (χ0n) is 6.35. The minimum Gasteiger partial charge on any atom is -0.466 e. The van der Waals surface area contributed by atoms with E-state index in [1.165, 1.54) is 24.4 Å². The molecule has 9 heavy (non-hydrogen) atoms. The van der Waals surface area contributed by atoms with E-state index in [0.29, 0.717) is 0 Å². The number of nitrogens with zero attached hydrogens (tertiary/aromatic N) is 1. The second-order valence-electron chi connectivity index (χ2n) is 3.11. The van der Waals surface area contributed by atoms with Crippen molar-refractivity contribution in [2.24, 2.45) is 0 Å². The van der Waals surface area contributed by atoms with E-state index in [2.05, 4.69) is 26.0 Å². The van der Waals surface area contributed by atoms with Crippen LogP contribution in [0.3, 0.4) is 0 Å². The Morgan fingerprint density at radius 3 is 2.44 bits per heavy atom. The Bertz CT molecular complexity index is 90.9. The lowest BCUT2D eigenvalue weighted by molar-refractivity contribution is -0.840. The van der Waals surface area contributed by atoms with Crippen molar-refractivity contribution >= 4 is 0 Å². The summed E-state index contributed by atoms with van der Waals surface area (Å²) in [5, 5.41) is 0. The van der Waals surface area contributed by atoms with Crippen LogP contribution in [0.15, 0.2) is 0 Å². The SMILES string of the molecule is [CH2-][NH+]1CC[C@@H](N(C)C)C1. The van der Waals surface area contributed by atoms with Crippen molar-refractivity contribution in [1.82, 2.24) is 4.90 Å². The molecule has 0 bridgehead atoms. The molecule has 1 fully saturated rings. The predicted octanol–water partition coefficient (Wildman–Crippen LogP) is -1.00. The second kappa shape index (κ2) is 2.67. The van der Waals surface area contributed by atoms with Gasteiger partial charge in [-0.2, -0.15) is 7.05 Å². The molecule has 0 radical (unpaired) electrons. The summed E-state index contributed by atoms with van der Waals surface area (Å²) in [5.74, 6) is 0. The molecule has 0 aromatic carbocycles. The Hall–Kier alpha value is -0.0800. The van der Waals surface area contributed by atoms with Gasteiger partial charge in [0.05, 0.1) is 19.1 Å². The molecular weight excluding hydrogens is 112 g/mol. The van der Waals surface area contributed by atoms with E-state index in [1.807, 2.05) is 0 Å². The molecule has 0 aromatic rings. The van der Waals surface area contributed by atoms with E-state index in [9.17, 15) is 0 Å². The first-order chi connectivity index (χ1) is 4.20. The van der Waals surface area contributed by atoms with E-state index in [4.69, 9.17) is 0 Å². The Kier molecular flexibility index (Phi) is 2.09. The smallest absolute Gasteiger partial charge is 0.0690 e. The normalized spacial score (nSPS) is 36.0. The van der Waals surface area contributed by atoms with Gasteiger partial charge in [0.2, 0.25) is 0 Å². The molecule has 54 valence electrons. The maximum Gasteiger partial charge on any atom is 0.0690 e. The summed E-state index contributed by atoms with van der Waals surface area (Å²) in [6, 6.07) is 0.775. The lowest BCUT2D eigenvalue weighted by atomic mass is 10.2. The lowest BCUT2D eigenvalue weighted by Gasteiger charge is -2.18. The largest absolute Gasteiger partial charge is 0.466 e. The molecule has 0 aromatic heterocycles. The van der Waals surface area contributed by atoms with Crippen molar-refractivity contribution in [3.63, 3.8) is 0 Å². The Morgan fingerprint density at radius 1 is 1.56 bits per heavy atom. The van der Waals surface area contributed by atoms with Crippen LogP contribution in [0.2, 0.25) is 0 Å². The molecule has 0 aliphatic carbocycles. The van der Waals surface area contributed by atoms with Crippen molar-refractivity contribution in [3.8, 4) is 0 Å². The summed E-state index contributed by atoms with van der Waals surface area (Å²) >= 11 is 0. The van der Waals surface area contributed by atoms with Crippen molar-refractivity contribution in [2.45, 2.75) is 12.5 Å². The first kappa shape index (κ1) is 7.03. The Balaban J connectivity index is 2.30. The van der Waals surface area contributed by atoms with Crippen LogP contribution in [-0.4, -0.2) is 38.1 Å². The fourth-order valence-corrected chi connectivity index (χ4v) is 1.35. The third kappa shape index (κ3) is 1.66. The van der Waals surface area contributed by atoms with Gasteiger partial charge in [0, 0.05) is 6.42 Å². The summed E-state index contributed by atoms with van der Waals surface area (Å²) in [6.07, 6.45) is 1.31. The van der Waals surface area contributed by atoms with Crippen LogP contribution >= 0.6 is 0 Å². The van der Waals surface area contributed by atoms with Crippen LogP contribution < -0.4 is 4.90 Å². The molecule has 1 aliphatic heterocycles. The van der Waals surface area contributed by atoms with Gasteiger partial charge in [-0.05, 0) is 14.1 Å². The average molecular weight is 128 g/mol. The quantitative estimate of drug-likeness (QED) is 0.445. The van der Waals surface area contributed by atoms with Crippen molar-refractivity contribution in [2.75, 3.05) is 27.2 Å². The monoisotopic (exact) mass is 128 g/mol. The fourth-order valence-electron chi connectivity index (χ4n) is 1.35. The topological polar surface area (TPSA) is 7.68 Å². The predicted molar refractivity (Wildman–Crippen MR) is 38.1 cm³/mol.